The van der Waals surface area contributed by atoms with Crippen molar-refractivity contribution in [2.75, 3.05) is 0 Å². The molecule has 3 nitrogen and oxygen atoms in total. The molecular formula is C51H35N3. The average Bonchev–Trinajstić information content (AvgIpc) is 3.67. The van der Waals surface area contributed by atoms with Gasteiger partial charge in [0.25, 0.3) is 0 Å². The number of para-hydroxylation sites is 1. The number of hydrogen-bond acceptors (Lipinski definition) is 2. The van der Waals surface area contributed by atoms with Gasteiger partial charge in [-0.3, -0.25) is 0 Å². The smallest absolute Gasteiger partial charge is 0.160 e. The molecule has 0 atom stereocenters. The molecule has 0 aliphatic heterocycles. The van der Waals surface area contributed by atoms with E-state index in [1.807, 2.05) is 24.3 Å². The zero-order chi connectivity index (χ0) is 36.0. The summed E-state index contributed by atoms with van der Waals surface area (Å²) in [6, 6.07) is 63.4. The lowest BCUT2D eigenvalue weighted by Gasteiger charge is -2.22. The van der Waals surface area contributed by atoms with E-state index in [-0.39, 0.29) is 5.41 Å². The molecule has 0 bridgehead atoms. The molecule has 0 amide bonds. The van der Waals surface area contributed by atoms with Gasteiger partial charge in [0.05, 0.1) is 28.1 Å². The Balaban J connectivity index is 1.16. The van der Waals surface area contributed by atoms with Gasteiger partial charge in [-0.05, 0) is 68.7 Å². The molecule has 2 aromatic heterocycles. The molecule has 10 aromatic rings. The molecule has 0 fully saturated rings. The Kier molecular flexibility index (Phi) is 6.60. The molecule has 0 spiro atoms. The van der Waals surface area contributed by atoms with Crippen molar-refractivity contribution in [1.29, 1.82) is 0 Å². The highest BCUT2D eigenvalue weighted by molar-refractivity contribution is 6.15. The molecule has 11 rings (SSSR count). The number of fused-ring (bicyclic) bond motifs is 9. The second-order valence-electron chi connectivity index (χ2n) is 15.0. The van der Waals surface area contributed by atoms with Crippen molar-refractivity contribution in [2.45, 2.75) is 19.3 Å². The van der Waals surface area contributed by atoms with Crippen molar-refractivity contribution in [3.63, 3.8) is 0 Å². The summed E-state index contributed by atoms with van der Waals surface area (Å²) in [6.07, 6.45) is 0. The van der Waals surface area contributed by atoms with Crippen LogP contribution in [0.5, 0.6) is 0 Å². The number of nitrogens with zero attached hydrogens (tertiary/aromatic N) is 3. The molecular weight excluding hydrogens is 655 g/mol. The zero-order valence-electron chi connectivity index (χ0n) is 30.1. The first-order valence-electron chi connectivity index (χ1n) is 18.7. The third-order valence-electron chi connectivity index (χ3n) is 11.6. The van der Waals surface area contributed by atoms with Crippen molar-refractivity contribution in [3.05, 3.63) is 187 Å². The summed E-state index contributed by atoms with van der Waals surface area (Å²) in [4.78, 5) is 10.3. The quantitative estimate of drug-likeness (QED) is 0.184. The average molecular weight is 690 g/mol. The van der Waals surface area contributed by atoms with Crippen LogP contribution >= 0.6 is 0 Å². The summed E-state index contributed by atoms with van der Waals surface area (Å²) in [6.45, 7) is 4.76. The Hall–Kier alpha value is -6.84. The molecule has 54 heavy (non-hydrogen) atoms. The third kappa shape index (κ3) is 4.48. The highest BCUT2D eigenvalue weighted by Crippen LogP contribution is 2.53. The number of rotatable bonds is 4. The molecule has 0 saturated carbocycles. The Morgan fingerprint density at radius 3 is 1.87 bits per heavy atom. The lowest BCUT2D eigenvalue weighted by molar-refractivity contribution is 0.661. The van der Waals surface area contributed by atoms with Gasteiger partial charge in [0.2, 0.25) is 0 Å². The predicted molar refractivity (Wildman–Crippen MR) is 225 cm³/mol. The SMILES string of the molecule is CC1(C)c2cc3c(cc2-c2c1ccc1ccccc21)c1ccccc1n3-c1ccc(-c2cc(-c3ccccc3)nc(-c3ccccc3)n2)c2ccccc12. The van der Waals surface area contributed by atoms with Crippen molar-refractivity contribution in [3.8, 4) is 50.7 Å². The summed E-state index contributed by atoms with van der Waals surface area (Å²) in [5, 5.41) is 7.45. The predicted octanol–water partition coefficient (Wildman–Crippen LogP) is 13.2. The largest absolute Gasteiger partial charge is 0.309 e. The lowest BCUT2D eigenvalue weighted by Crippen LogP contribution is -2.15. The van der Waals surface area contributed by atoms with E-state index < -0.39 is 0 Å². The van der Waals surface area contributed by atoms with Gasteiger partial charge in [-0.2, -0.15) is 0 Å². The van der Waals surface area contributed by atoms with E-state index in [1.165, 1.54) is 60.2 Å². The first-order valence-corrected chi connectivity index (χ1v) is 18.7. The fraction of sp³-hybridized carbons (Fsp3) is 0.0588. The minimum absolute atomic E-state index is 0.143. The van der Waals surface area contributed by atoms with Crippen LogP contribution in [-0.4, -0.2) is 14.5 Å². The second-order valence-corrected chi connectivity index (χ2v) is 15.0. The van der Waals surface area contributed by atoms with Crippen LogP contribution in [-0.2, 0) is 5.41 Å². The van der Waals surface area contributed by atoms with Gasteiger partial charge in [0, 0.05) is 38.3 Å². The monoisotopic (exact) mass is 689 g/mol. The van der Waals surface area contributed by atoms with Crippen LogP contribution < -0.4 is 0 Å². The van der Waals surface area contributed by atoms with Crippen molar-refractivity contribution in [2.24, 2.45) is 0 Å². The zero-order valence-corrected chi connectivity index (χ0v) is 30.1. The molecule has 1 aliphatic rings. The van der Waals surface area contributed by atoms with Gasteiger partial charge in [0.15, 0.2) is 5.82 Å². The minimum atomic E-state index is -0.143. The van der Waals surface area contributed by atoms with Crippen LogP contribution in [0.25, 0.3) is 94.1 Å². The Bertz CT molecular complexity index is 3060. The maximum Gasteiger partial charge on any atom is 0.160 e. The molecule has 1 aliphatic carbocycles. The fourth-order valence-corrected chi connectivity index (χ4v) is 8.99. The van der Waals surface area contributed by atoms with E-state index in [2.05, 4.69) is 170 Å². The summed E-state index contributed by atoms with van der Waals surface area (Å²) < 4.78 is 2.49. The molecule has 3 heteroatoms. The highest BCUT2D eigenvalue weighted by atomic mass is 15.0. The normalized spacial score (nSPS) is 13.1. The van der Waals surface area contributed by atoms with E-state index in [0.29, 0.717) is 5.82 Å². The maximum absolute atomic E-state index is 5.22. The molecule has 0 radical (unpaired) electrons. The summed E-state index contributed by atoms with van der Waals surface area (Å²) in [5.41, 5.74) is 13.8. The Labute approximate surface area is 313 Å². The topological polar surface area (TPSA) is 30.7 Å². The maximum atomic E-state index is 5.22. The van der Waals surface area contributed by atoms with Crippen LogP contribution in [0.2, 0.25) is 0 Å². The molecule has 0 saturated heterocycles. The van der Waals surface area contributed by atoms with Gasteiger partial charge < -0.3 is 4.57 Å². The minimum Gasteiger partial charge on any atom is -0.309 e. The number of aromatic nitrogens is 3. The van der Waals surface area contributed by atoms with Crippen molar-refractivity contribution >= 4 is 43.4 Å². The van der Waals surface area contributed by atoms with Gasteiger partial charge in [-0.1, -0.05) is 159 Å². The van der Waals surface area contributed by atoms with Gasteiger partial charge in [-0.15, -0.1) is 0 Å². The molecule has 8 aromatic carbocycles. The van der Waals surface area contributed by atoms with Crippen LogP contribution in [0.1, 0.15) is 25.0 Å². The van der Waals surface area contributed by atoms with Gasteiger partial charge >= 0.3 is 0 Å². The van der Waals surface area contributed by atoms with Crippen molar-refractivity contribution < 1.29 is 0 Å². The number of hydrogen-bond donors (Lipinski definition) is 0. The summed E-state index contributed by atoms with van der Waals surface area (Å²) in [7, 11) is 0. The Morgan fingerprint density at radius 1 is 0.426 bits per heavy atom. The van der Waals surface area contributed by atoms with Gasteiger partial charge in [0.1, 0.15) is 0 Å². The first-order chi connectivity index (χ1) is 26.5. The van der Waals surface area contributed by atoms with E-state index in [4.69, 9.17) is 9.97 Å². The molecule has 0 N–H and O–H groups in total. The van der Waals surface area contributed by atoms with Crippen LogP contribution in [0, 0.1) is 0 Å². The summed E-state index contributed by atoms with van der Waals surface area (Å²) >= 11 is 0. The van der Waals surface area contributed by atoms with Crippen LogP contribution in [0.4, 0.5) is 0 Å². The highest BCUT2D eigenvalue weighted by Gasteiger charge is 2.37. The molecule has 2 heterocycles. The Morgan fingerprint density at radius 2 is 1.07 bits per heavy atom. The molecule has 0 unspecified atom stereocenters. The first kappa shape index (κ1) is 30.8. The fourth-order valence-electron chi connectivity index (χ4n) is 8.99. The number of benzene rings is 8. The standard InChI is InChI=1S/C51H35N3/c1-51(2)42-27-25-32-15-9-10-20-35(32)49(42)41-29-40-39-23-13-14-24-46(39)54(48(40)30-43(41)51)47-28-26-37(36-21-11-12-22-38(36)47)45-31-44(33-16-5-3-6-17-33)52-50(53-45)34-18-7-4-8-19-34/h3-31H,1-2H3. The third-order valence-corrected chi connectivity index (χ3v) is 11.6. The van der Waals surface area contributed by atoms with Crippen molar-refractivity contribution in [1.82, 2.24) is 14.5 Å². The van der Waals surface area contributed by atoms with Crippen LogP contribution in [0.3, 0.4) is 0 Å². The summed E-state index contributed by atoms with van der Waals surface area (Å²) in [5.74, 6) is 0.716. The molecule has 254 valence electrons. The van der Waals surface area contributed by atoms with E-state index in [1.54, 1.807) is 0 Å². The van der Waals surface area contributed by atoms with E-state index in [9.17, 15) is 0 Å². The van der Waals surface area contributed by atoms with E-state index in [0.717, 1.165) is 39.2 Å². The van der Waals surface area contributed by atoms with E-state index >= 15 is 0 Å². The van der Waals surface area contributed by atoms with Crippen LogP contribution in [0.15, 0.2) is 176 Å². The second kappa shape index (κ2) is 11.6. The van der Waals surface area contributed by atoms with Gasteiger partial charge in [-0.25, -0.2) is 9.97 Å². The lowest BCUT2D eigenvalue weighted by atomic mass is 9.82.